The van der Waals surface area contributed by atoms with Crippen molar-refractivity contribution in [2.24, 2.45) is 7.05 Å². The number of carbonyl (C=O) groups is 1. The molecule has 5 nitrogen and oxygen atoms in total. The minimum Gasteiger partial charge on any atom is -0.497 e. The van der Waals surface area contributed by atoms with E-state index in [9.17, 15) is 4.79 Å². The number of fused-ring (bicyclic) bond motifs is 1. The molecule has 0 aliphatic carbocycles. The Morgan fingerprint density at radius 2 is 1.96 bits per heavy atom. The molecule has 1 heterocycles. The number of carbonyl (C=O) groups excluding carboxylic acids is 1. The van der Waals surface area contributed by atoms with E-state index < -0.39 is 0 Å². The number of aromatic nitrogens is 2. The van der Waals surface area contributed by atoms with Gasteiger partial charge in [-0.2, -0.15) is 5.10 Å². The summed E-state index contributed by atoms with van der Waals surface area (Å²) in [5, 5.41) is 9.01. The fourth-order valence-corrected chi connectivity index (χ4v) is 2.29. The third kappa shape index (κ3) is 3.58. The zero-order chi connectivity index (χ0) is 16.2. The summed E-state index contributed by atoms with van der Waals surface area (Å²) in [5.74, 6) is 1.15. The van der Waals surface area contributed by atoms with Gasteiger partial charge in [-0.25, -0.2) is 0 Å². The summed E-state index contributed by atoms with van der Waals surface area (Å²) >= 11 is 0. The van der Waals surface area contributed by atoms with Gasteiger partial charge in [-0.15, -0.1) is 0 Å². The number of methoxy groups -OCH3 is 1. The second-order valence-corrected chi connectivity index (χ2v) is 5.17. The van der Waals surface area contributed by atoms with E-state index >= 15 is 0 Å². The standard InChI is InChI=1S/C18H17N3O2/c1-21-10-9-17(20-21)19-18(22)8-4-13-3-5-15-12-16(23-2)7-6-14(15)11-13/h3-12H,1-2H3,(H,19,20,22). The lowest BCUT2D eigenvalue weighted by Gasteiger charge is -2.03. The smallest absolute Gasteiger partial charge is 0.249 e. The average molecular weight is 307 g/mol. The van der Waals surface area contributed by atoms with E-state index in [0.29, 0.717) is 5.82 Å². The van der Waals surface area contributed by atoms with Crippen molar-refractivity contribution in [2.45, 2.75) is 0 Å². The van der Waals surface area contributed by atoms with E-state index in [0.717, 1.165) is 22.1 Å². The number of aryl methyl sites for hydroxylation is 1. The van der Waals surface area contributed by atoms with Crippen molar-refractivity contribution < 1.29 is 9.53 Å². The number of nitrogens with zero attached hydrogens (tertiary/aromatic N) is 2. The van der Waals surface area contributed by atoms with Crippen molar-refractivity contribution >= 4 is 28.6 Å². The Kier molecular flexibility index (Phi) is 4.10. The molecule has 1 aromatic heterocycles. The molecule has 1 amide bonds. The number of ether oxygens (including phenoxy) is 1. The Labute approximate surface area is 134 Å². The summed E-state index contributed by atoms with van der Waals surface area (Å²) < 4.78 is 6.85. The van der Waals surface area contributed by atoms with Crippen LogP contribution in [0.4, 0.5) is 5.82 Å². The lowest BCUT2D eigenvalue weighted by molar-refractivity contribution is -0.111. The normalized spacial score (nSPS) is 11.0. The minimum absolute atomic E-state index is 0.210. The Balaban J connectivity index is 1.74. The SMILES string of the molecule is COc1ccc2cc(C=CC(=O)Nc3ccn(C)n3)ccc2c1. The molecule has 3 aromatic rings. The second kappa shape index (κ2) is 6.36. The molecule has 23 heavy (non-hydrogen) atoms. The number of hydrogen-bond acceptors (Lipinski definition) is 3. The van der Waals surface area contributed by atoms with Gasteiger partial charge in [-0.1, -0.05) is 18.2 Å². The van der Waals surface area contributed by atoms with Gasteiger partial charge in [0.05, 0.1) is 7.11 Å². The lowest BCUT2D eigenvalue weighted by atomic mass is 10.1. The highest BCUT2D eigenvalue weighted by atomic mass is 16.5. The third-order valence-electron chi connectivity index (χ3n) is 3.46. The van der Waals surface area contributed by atoms with Gasteiger partial charge in [0.15, 0.2) is 5.82 Å². The molecule has 0 atom stereocenters. The van der Waals surface area contributed by atoms with Gasteiger partial charge in [-0.3, -0.25) is 9.48 Å². The first-order valence-corrected chi connectivity index (χ1v) is 7.20. The van der Waals surface area contributed by atoms with Gasteiger partial charge in [0.1, 0.15) is 5.75 Å². The molecule has 2 aromatic carbocycles. The maximum atomic E-state index is 11.9. The largest absolute Gasteiger partial charge is 0.497 e. The molecule has 0 aliphatic rings. The van der Waals surface area contributed by atoms with Gasteiger partial charge in [0.25, 0.3) is 0 Å². The van der Waals surface area contributed by atoms with Crippen LogP contribution < -0.4 is 10.1 Å². The zero-order valence-electron chi connectivity index (χ0n) is 13.0. The second-order valence-electron chi connectivity index (χ2n) is 5.17. The van der Waals surface area contributed by atoms with Crippen LogP contribution in [0.15, 0.2) is 54.7 Å². The Morgan fingerprint density at radius 1 is 1.17 bits per heavy atom. The Hall–Kier alpha value is -3.08. The monoisotopic (exact) mass is 307 g/mol. The molecule has 3 rings (SSSR count). The van der Waals surface area contributed by atoms with Crippen LogP contribution in [0.3, 0.4) is 0 Å². The van der Waals surface area contributed by atoms with Crippen molar-refractivity contribution in [2.75, 3.05) is 12.4 Å². The molecule has 0 aliphatic heterocycles. The van der Waals surface area contributed by atoms with E-state index in [1.54, 1.807) is 37.2 Å². The number of amides is 1. The first kappa shape index (κ1) is 14.8. The van der Waals surface area contributed by atoms with Crippen LogP contribution in [0, 0.1) is 0 Å². The predicted molar refractivity (Wildman–Crippen MR) is 91.4 cm³/mol. The molecule has 0 fully saturated rings. The maximum absolute atomic E-state index is 11.9. The summed E-state index contributed by atoms with van der Waals surface area (Å²) in [5.41, 5.74) is 0.957. The van der Waals surface area contributed by atoms with Crippen LogP contribution in [0.25, 0.3) is 16.8 Å². The van der Waals surface area contributed by atoms with Gasteiger partial charge >= 0.3 is 0 Å². The van der Waals surface area contributed by atoms with Crippen LogP contribution >= 0.6 is 0 Å². The zero-order valence-corrected chi connectivity index (χ0v) is 13.0. The highest BCUT2D eigenvalue weighted by Gasteiger charge is 2.01. The molecule has 0 bridgehead atoms. The molecule has 5 heteroatoms. The summed E-state index contributed by atoms with van der Waals surface area (Å²) in [6.45, 7) is 0. The summed E-state index contributed by atoms with van der Waals surface area (Å²) in [7, 11) is 3.45. The first-order valence-electron chi connectivity index (χ1n) is 7.20. The van der Waals surface area contributed by atoms with Crippen molar-refractivity contribution in [3.05, 3.63) is 60.3 Å². The third-order valence-corrected chi connectivity index (χ3v) is 3.46. The molecular formula is C18H17N3O2. The van der Waals surface area contributed by atoms with Crippen LogP contribution in [0.1, 0.15) is 5.56 Å². The first-order chi connectivity index (χ1) is 11.1. The van der Waals surface area contributed by atoms with Crippen molar-refractivity contribution in [3.63, 3.8) is 0 Å². The van der Waals surface area contributed by atoms with Crippen LogP contribution in [-0.2, 0) is 11.8 Å². The van der Waals surface area contributed by atoms with E-state index in [4.69, 9.17) is 4.74 Å². The number of rotatable bonds is 4. The molecule has 0 unspecified atom stereocenters. The Bertz CT molecular complexity index is 881. The Morgan fingerprint density at radius 3 is 2.70 bits per heavy atom. The highest BCUT2D eigenvalue weighted by Crippen LogP contribution is 2.22. The fraction of sp³-hybridized carbons (Fsp3) is 0.111. The van der Waals surface area contributed by atoms with Crippen LogP contribution in [-0.4, -0.2) is 22.8 Å². The molecule has 1 N–H and O–H groups in total. The number of nitrogens with one attached hydrogen (secondary N) is 1. The molecule has 0 saturated carbocycles. The quantitative estimate of drug-likeness (QED) is 0.753. The van der Waals surface area contributed by atoms with Crippen LogP contribution in [0.5, 0.6) is 5.75 Å². The number of hydrogen-bond donors (Lipinski definition) is 1. The fourth-order valence-electron chi connectivity index (χ4n) is 2.29. The number of benzene rings is 2. The summed E-state index contributed by atoms with van der Waals surface area (Å²) in [4.78, 5) is 11.9. The lowest BCUT2D eigenvalue weighted by Crippen LogP contribution is -2.08. The highest BCUT2D eigenvalue weighted by molar-refractivity contribution is 6.01. The molecular weight excluding hydrogens is 290 g/mol. The number of anilines is 1. The molecule has 116 valence electrons. The van der Waals surface area contributed by atoms with E-state index in [2.05, 4.69) is 10.4 Å². The summed E-state index contributed by atoms with van der Waals surface area (Å²) in [6.07, 6.45) is 5.05. The van der Waals surface area contributed by atoms with Crippen LogP contribution in [0.2, 0.25) is 0 Å². The van der Waals surface area contributed by atoms with E-state index in [-0.39, 0.29) is 5.91 Å². The van der Waals surface area contributed by atoms with E-state index in [1.165, 1.54) is 6.08 Å². The molecule has 0 spiro atoms. The maximum Gasteiger partial charge on any atom is 0.249 e. The van der Waals surface area contributed by atoms with Crippen molar-refractivity contribution in [1.29, 1.82) is 0 Å². The van der Waals surface area contributed by atoms with E-state index in [1.807, 2.05) is 36.4 Å². The van der Waals surface area contributed by atoms with Crippen molar-refractivity contribution in [3.8, 4) is 5.75 Å². The molecule has 0 radical (unpaired) electrons. The van der Waals surface area contributed by atoms with Gasteiger partial charge in [0, 0.05) is 25.4 Å². The van der Waals surface area contributed by atoms with Gasteiger partial charge in [0.2, 0.25) is 5.91 Å². The minimum atomic E-state index is -0.210. The molecule has 0 saturated heterocycles. The predicted octanol–water partition coefficient (Wildman–Crippen LogP) is 3.23. The topological polar surface area (TPSA) is 56.1 Å². The van der Waals surface area contributed by atoms with Gasteiger partial charge < -0.3 is 10.1 Å². The van der Waals surface area contributed by atoms with Crippen molar-refractivity contribution in [1.82, 2.24) is 9.78 Å². The average Bonchev–Trinajstić information content (AvgIpc) is 2.97. The summed E-state index contributed by atoms with van der Waals surface area (Å²) in [6, 6.07) is 13.6. The van der Waals surface area contributed by atoms with Gasteiger partial charge in [-0.05, 0) is 40.6 Å².